The fourth-order valence-electron chi connectivity index (χ4n) is 3.56. The van der Waals surface area contributed by atoms with Gasteiger partial charge in [0.15, 0.2) is 10.8 Å². The number of carbonyl (C=O) groups excluding carboxylic acids is 2. The van der Waals surface area contributed by atoms with Gasteiger partial charge in [-0.2, -0.15) is 0 Å². The molecule has 0 unspecified atom stereocenters. The molecule has 8 nitrogen and oxygen atoms in total. The maximum atomic E-state index is 13.0. The van der Waals surface area contributed by atoms with Crippen molar-refractivity contribution in [2.75, 3.05) is 11.9 Å². The summed E-state index contributed by atoms with van der Waals surface area (Å²) in [4.78, 5) is 38.3. The van der Waals surface area contributed by atoms with Crippen LogP contribution in [0.25, 0.3) is 11.2 Å². The number of aromatic nitrogens is 4. The number of anilines is 1. The molecule has 0 saturated carbocycles. The van der Waals surface area contributed by atoms with Crippen LogP contribution in [0.1, 0.15) is 53.8 Å². The molecule has 1 aliphatic heterocycles. The Balaban J connectivity index is 1.59. The highest BCUT2D eigenvalue weighted by atomic mass is 32.1. The maximum Gasteiger partial charge on any atom is 0.311 e. The van der Waals surface area contributed by atoms with Gasteiger partial charge >= 0.3 is 5.97 Å². The van der Waals surface area contributed by atoms with E-state index in [1.165, 1.54) is 17.8 Å². The number of thiazole rings is 1. The fraction of sp³-hybridized carbons (Fsp3) is 0.450. The van der Waals surface area contributed by atoms with E-state index >= 15 is 0 Å². The molecule has 0 aromatic carbocycles. The molecule has 3 aromatic heterocycles. The second kappa shape index (κ2) is 8.28. The van der Waals surface area contributed by atoms with Crippen LogP contribution in [0.4, 0.5) is 5.13 Å². The number of esters is 1. The highest BCUT2D eigenvalue weighted by Gasteiger charge is 2.21. The van der Waals surface area contributed by atoms with E-state index in [1.54, 1.807) is 18.4 Å². The lowest BCUT2D eigenvalue weighted by atomic mass is 10.2. The molecule has 9 heteroatoms. The molecule has 3 aromatic rings. The van der Waals surface area contributed by atoms with Gasteiger partial charge in [-0.05, 0) is 32.8 Å². The van der Waals surface area contributed by atoms with Crippen LogP contribution in [-0.4, -0.2) is 38.0 Å². The number of pyridine rings is 1. The molecular weight excluding hydrogens is 390 g/mol. The van der Waals surface area contributed by atoms with Crippen molar-refractivity contribution < 1.29 is 14.3 Å². The maximum absolute atomic E-state index is 13.0. The Morgan fingerprint density at radius 3 is 2.93 bits per heavy atom. The van der Waals surface area contributed by atoms with Gasteiger partial charge in [-0.3, -0.25) is 14.9 Å². The van der Waals surface area contributed by atoms with E-state index in [4.69, 9.17) is 9.72 Å². The van der Waals surface area contributed by atoms with Crippen molar-refractivity contribution in [2.24, 2.45) is 0 Å². The smallest absolute Gasteiger partial charge is 0.311 e. The van der Waals surface area contributed by atoms with E-state index in [0.717, 1.165) is 43.0 Å². The number of aryl methyl sites for hydroxylation is 3. The van der Waals surface area contributed by atoms with Gasteiger partial charge in [0.1, 0.15) is 11.3 Å². The second-order valence-corrected chi connectivity index (χ2v) is 7.91. The van der Waals surface area contributed by atoms with E-state index < -0.39 is 0 Å². The summed E-state index contributed by atoms with van der Waals surface area (Å²) in [5.74, 6) is 0.392. The molecular formula is C20H23N5O3S. The number of fused-ring (bicyclic) bond motifs is 3. The number of amides is 1. The molecule has 0 atom stereocenters. The molecule has 1 N–H and O–H groups in total. The molecule has 0 fully saturated rings. The minimum absolute atomic E-state index is 0.0899. The third-order valence-corrected chi connectivity index (χ3v) is 5.65. The van der Waals surface area contributed by atoms with Crippen molar-refractivity contribution in [3.05, 3.63) is 34.2 Å². The number of nitrogens with one attached hydrogen (secondary N) is 1. The first kappa shape index (κ1) is 19.5. The summed E-state index contributed by atoms with van der Waals surface area (Å²) in [5.41, 5.74) is 3.25. The summed E-state index contributed by atoms with van der Waals surface area (Å²) < 4.78 is 7.08. The third kappa shape index (κ3) is 4.14. The van der Waals surface area contributed by atoms with Gasteiger partial charge in [-0.1, -0.05) is 6.42 Å². The molecule has 152 valence electrons. The minimum Gasteiger partial charge on any atom is -0.466 e. The molecule has 0 spiro atoms. The van der Waals surface area contributed by atoms with Crippen molar-refractivity contribution in [3.8, 4) is 0 Å². The Kier molecular flexibility index (Phi) is 5.57. The summed E-state index contributed by atoms with van der Waals surface area (Å²) in [7, 11) is 0. The molecule has 4 heterocycles. The minimum atomic E-state index is -0.332. The average molecular weight is 414 g/mol. The number of rotatable bonds is 5. The van der Waals surface area contributed by atoms with E-state index in [9.17, 15) is 9.59 Å². The van der Waals surface area contributed by atoms with E-state index in [2.05, 4.69) is 19.9 Å². The predicted octanol–water partition coefficient (Wildman–Crippen LogP) is 3.28. The molecule has 29 heavy (non-hydrogen) atoms. The van der Waals surface area contributed by atoms with Gasteiger partial charge in [0.05, 0.1) is 24.3 Å². The Bertz CT molecular complexity index is 1070. The van der Waals surface area contributed by atoms with Crippen LogP contribution in [-0.2, 0) is 28.9 Å². The lowest BCUT2D eigenvalue weighted by molar-refractivity contribution is -0.142. The summed E-state index contributed by atoms with van der Waals surface area (Å²) in [6.45, 7) is 4.86. The first-order valence-corrected chi connectivity index (χ1v) is 10.7. The second-order valence-electron chi connectivity index (χ2n) is 7.05. The van der Waals surface area contributed by atoms with Crippen molar-refractivity contribution in [1.29, 1.82) is 0 Å². The van der Waals surface area contributed by atoms with Crippen molar-refractivity contribution >= 4 is 39.5 Å². The summed E-state index contributed by atoms with van der Waals surface area (Å²) in [6.07, 6.45) is 4.37. The molecule has 0 aliphatic carbocycles. The monoisotopic (exact) mass is 413 g/mol. The summed E-state index contributed by atoms with van der Waals surface area (Å²) >= 11 is 1.28. The lowest BCUT2D eigenvalue weighted by Crippen LogP contribution is -2.14. The molecule has 0 saturated heterocycles. The van der Waals surface area contributed by atoms with E-state index in [0.29, 0.717) is 28.5 Å². The summed E-state index contributed by atoms with van der Waals surface area (Å²) in [5, 5.41) is 5.03. The quantitative estimate of drug-likeness (QED) is 0.645. The summed E-state index contributed by atoms with van der Waals surface area (Å²) in [6, 6.07) is 1.76. The van der Waals surface area contributed by atoms with Crippen molar-refractivity contribution in [2.45, 2.75) is 52.5 Å². The van der Waals surface area contributed by atoms with Crippen LogP contribution in [0.3, 0.4) is 0 Å². The first-order chi connectivity index (χ1) is 14.0. The van der Waals surface area contributed by atoms with Crippen LogP contribution in [0.15, 0.2) is 11.4 Å². The van der Waals surface area contributed by atoms with Crippen LogP contribution in [0, 0.1) is 6.92 Å². The zero-order chi connectivity index (χ0) is 20.4. The highest BCUT2D eigenvalue weighted by Crippen LogP contribution is 2.25. The topological polar surface area (TPSA) is 99.0 Å². The SMILES string of the molecule is CCOC(=O)Cc1csc(NC(=O)c2cc(C)nc3c2nc2n3CCCCC2)n1. The van der Waals surface area contributed by atoms with Crippen LogP contribution < -0.4 is 5.32 Å². The van der Waals surface area contributed by atoms with Crippen LogP contribution >= 0.6 is 11.3 Å². The van der Waals surface area contributed by atoms with Crippen LogP contribution in [0.2, 0.25) is 0 Å². The number of hydrogen-bond donors (Lipinski definition) is 1. The van der Waals surface area contributed by atoms with Crippen molar-refractivity contribution in [1.82, 2.24) is 19.5 Å². The number of nitrogens with zero attached hydrogens (tertiary/aromatic N) is 4. The zero-order valence-corrected chi connectivity index (χ0v) is 17.3. The van der Waals surface area contributed by atoms with Gasteiger partial charge in [0, 0.05) is 24.0 Å². The number of ether oxygens (including phenoxy) is 1. The largest absolute Gasteiger partial charge is 0.466 e. The number of hydrogen-bond acceptors (Lipinski definition) is 7. The van der Waals surface area contributed by atoms with Gasteiger partial charge < -0.3 is 9.30 Å². The van der Waals surface area contributed by atoms with Crippen LogP contribution in [0.5, 0.6) is 0 Å². The lowest BCUT2D eigenvalue weighted by Gasteiger charge is -2.06. The highest BCUT2D eigenvalue weighted by molar-refractivity contribution is 7.14. The van der Waals surface area contributed by atoms with Gasteiger partial charge in [-0.25, -0.2) is 15.0 Å². The molecule has 1 amide bonds. The predicted molar refractivity (Wildman–Crippen MR) is 110 cm³/mol. The molecule has 0 bridgehead atoms. The Morgan fingerprint density at radius 2 is 2.10 bits per heavy atom. The number of carbonyl (C=O) groups is 2. The Hall–Kier alpha value is -2.81. The molecule has 4 rings (SSSR count). The van der Waals surface area contributed by atoms with E-state index in [-0.39, 0.29) is 18.3 Å². The molecule has 1 aliphatic rings. The fourth-order valence-corrected chi connectivity index (χ4v) is 4.26. The average Bonchev–Trinajstić information content (AvgIpc) is 3.17. The van der Waals surface area contributed by atoms with E-state index in [1.807, 2.05) is 6.92 Å². The first-order valence-electron chi connectivity index (χ1n) is 9.83. The molecule has 0 radical (unpaired) electrons. The zero-order valence-electron chi connectivity index (χ0n) is 16.5. The normalized spacial score (nSPS) is 13.7. The van der Waals surface area contributed by atoms with Gasteiger partial charge in [-0.15, -0.1) is 11.3 Å². The van der Waals surface area contributed by atoms with Gasteiger partial charge in [0.25, 0.3) is 5.91 Å². The van der Waals surface area contributed by atoms with Gasteiger partial charge in [0.2, 0.25) is 0 Å². The Labute approximate surface area is 172 Å². The Morgan fingerprint density at radius 1 is 1.24 bits per heavy atom. The van der Waals surface area contributed by atoms with Crippen molar-refractivity contribution in [3.63, 3.8) is 0 Å². The third-order valence-electron chi connectivity index (χ3n) is 4.84. The standard InChI is InChI=1S/C20H23N5O3S/c1-3-28-16(26)10-13-11-29-20(22-13)24-19(27)14-9-12(2)21-18-17(14)23-15-7-5-4-6-8-25(15)18/h9,11H,3-8,10H2,1-2H3,(H,22,24,27). The number of imidazole rings is 1.